The van der Waals surface area contributed by atoms with Gasteiger partial charge in [0.05, 0.1) is 17.5 Å². The van der Waals surface area contributed by atoms with Crippen LogP contribution in [0, 0.1) is 0 Å². The van der Waals surface area contributed by atoms with Crippen molar-refractivity contribution >= 4 is 26.8 Å². The molecule has 0 radical (unpaired) electrons. The fourth-order valence-electron chi connectivity index (χ4n) is 4.31. The zero-order valence-corrected chi connectivity index (χ0v) is 16.3. The second-order valence-electron chi connectivity index (χ2n) is 7.53. The number of benzene rings is 1. The summed E-state index contributed by atoms with van der Waals surface area (Å²) >= 11 is 0. The van der Waals surface area contributed by atoms with Crippen molar-refractivity contribution in [2.75, 3.05) is 0 Å². The largest absolute Gasteiger partial charge is 0.292 e. The molecule has 1 saturated carbocycles. The molecule has 6 nitrogen and oxygen atoms in total. The van der Waals surface area contributed by atoms with Gasteiger partial charge in [-0.25, -0.2) is 22.4 Å². The smallest absolute Gasteiger partial charge is 0.244 e. The number of aromatic nitrogens is 4. The molecule has 0 amide bonds. The van der Waals surface area contributed by atoms with Crippen molar-refractivity contribution in [1.82, 2.24) is 18.3 Å². The Bertz CT molecular complexity index is 1240. The molecule has 4 aromatic rings. The molecule has 0 aliphatic heterocycles. The van der Waals surface area contributed by atoms with Crippen LogP contribution in [0.15, 0.2) is 55.0 Å². The first-order valence-corrected chi connectivity index (χ1v) is 11.3. The second-order valence-corrected chi connectivity index (χ2v) is 9.38. The molecule has 3 aromatic heterocycles. The summed E-state index contributed by atoms with van der Waals surface area (Å²) in [6.45, 7) is 0. The minimum atomic E-state index is -3.57. The topological polar surface area (TPSA) is 69.3 Å². The van der Waals surface area contributed by atoms with Crippen molar-refractivity contribution in [3.05, 3.63) is 66.2 Å². The minimum absolute atomic E-state index is 0.0588. The molecule has 1 aliphatic carbocycles. The normalized spacial score (nSPS) is 16.1. The van der Waals surface area contributed by atoms with E-state index in [4.69, 9.17) is 0 Å². The van der Waals surface area contributed by atoms with Gasteiger partial charge in [-0.2, -0.15) is 0 Å². The summed E-state index contributed by atoms with van der Waals surface area (Å²) in [5.74, 6) is 0.412. The average molecular weight is 395 g/mol. The maximum atomic E-state index is 13.0. The minimum Gasteiger partial charge on any atom is -0.292 e. The van der Waals surface area contributed by atoms with Gasteiger partial charge >= 0.3 is 0 Å². The summed E-state index contributed by atoms with van der Waals surface area (Å²) in [6, 6.07) is 11.1. The summed E-state index contributed by atoms with van der Waals surface area (Å²) < 4.78 is 29.5. The van der Waals surface area contributed by atoms with Crippen LogP contribution in [-0.4, -0.2) is 26.8 Å². The summed E-state index contributed by atoms with van der Waals surface area (Å²) in [4.78, 5) is 8.96. The van der Waals surface area contributed by atoms with Crippen molar-refractivity contribution < 1.29 is 8.42 Å². The van der Waals surface area contributed by atoms with E-state index >= 15 is 0 Å². The van der Waals surface area contributed by atoms with Crippen LogP contribution in [0.3, 0.4) is 0 Å². The van der Waals surface area contributed by atoms with Gasteiger partial charge in [-0.1, -0.05) is 49.6 Å². The predicted octanol–water partition coefficient (Wildman–Crippen LogP) is 4.11. The molecule has 0 bridgehead atoms. The van der Waals surface area contributed by atoms with Gasteiger partial charge in [-0.05, 0) is 24.5 Å². The monoisotopic (exact) mass is 394 g/mol. The molecule has 1 aromatic carbocycles. The third kappa shape index (κ3) is 2.90. The highest BCUT2D eigenvalue weighted by Crippen LogP contribution is 2.34. The second kappa shape index (κ2) is 6.74. The maximum Gasteiger partial charge on any atom is 0.244 e. The van der Waals surface area contributed by atoms with E-state index in [0.717, 1.165) is 29.6 Å². The highest BCUT2D eigenvalue weighted by Gasteiger charge is 2.23. The van der Waals surface area contributed by atoms with Gasteiger partial charge in [0.1, 0.15) is 0 Å². The molecule has 1 fully saturated rings. The van der Waals surface area contributed by atoms with Crippen LogP contribution in [0.2, 0.25) is 0 Å². The highest BCUT2D eigenvalue weighted by molar-refractivity contribution is 7.89. The first-order chi connectivity index (χ1) is 13.6. The van der Waals surface area contributed by atoms with Crippen LogP contribution in [0.1, 0.15) is 49.3 Å². The van der Waals surface area contributed by atoms with Crippen LogP contribution in [0.25, 0.3) is 16.8 Å². The van der Waals surface area contributed by atoms with E-state index in [9.17, 15) is 8.42 Å². The molecule has 144 valence electrons. The lowest BCUT2D eigenvalue weighted by atomic mass is 9.87. The summed E-state index contributed by atoms with van der Waals surface area (Å²) in [5, 5.41) is 0. The van der Waals surface area contributed by atoms with Crippen LogP contribution in [0.4, 0.5) is 0 Å². The molecule has 5 rings (SSSR count). The molecule has 28 heavy (non-hydrogen) atoms. The van der Waals surface area contributed by atoms with E-state index in [1.165, 1.54) is 28.9 Å². The van der Waals surface area contributed by atoms with Crippen LogP contribution >= 0.6 is 0 Å². The predicted molar refractivity (Wildman–Crippen MR) is 109 cm³/mol. The Morgan fingerprint density at radius 3 is 2.54 bits per heavy atom. The Kier molecular flexibility index (Phi) is 4.19. The quantitative estimate of drug-likeness (QED) is 0.522. The van der Waals surface area contributed by atoms with Crippen molar-refractivity contribution in [3.8, 4) is 0 Å². The van der Waals surface area contributed by atoms with Gasteiger partial charge in [-0.15, -0.1) is 0 Å². The third-order valence-corrected chi connectivity index (χ3v) is 7.27. The SMILES string of the molecule is O=S(=O)(Cc1ccccc1)n1ccc2c1ncc1ncc(C3CCCCC3)n12. The number of hydrogen-bond acceptors (Lipinski definition) is 4. The molecule has 0 unspecified atom stereocenters. The van der Waals surface area contributed by atoms with Gasteiger partial charge in [0.2, 0.25) is 10.0 Å². The summed E-state index contributed by atoms with van der Waals surface area (Å²) in [7, 11) is -3.57. The summed E-state index contributed by atoms with van der Waals surface area (Å²) in [6.07, 6.45) is 11.3. The van der Waals surface area contributed by atoms with E-state index in [0.29, 0.717) is 11.6 Å². The third-order valence-electron chi connectivity index (χ3n) is 5.68. The number of imidazole rings is 1. The van der Waals surface area contributed by atoms with Crippen molar-refractivity contribution in [2.24, 2.45) is 0 Å². The molecule has 0 N–H and O–H groups in total. The number of fused-ring (bicyclic) bond motifs is 3. The Balaban J connectivity index is 1.62. The van der Waals surface area contributed by atoms with Crippen LogP contribution in [-0.2, 0) is 15.8 Å². The number of hydrogen-bond donors (Lipinski definition) is 0. The molecular formula is C21H22N4O2S. The lowest BCUT2D eigenvalue weighted by Crippen LogP contribution is -2.15. The molecular weight excluding hydrogens is 372 g/mol. The number of nitrogens with zero attached hydrogens (tertiary/aromatic N) is 4. The van der Waals surface area contributed by atoms with Gasteiger partial charge < -0.3 is 0 Å². The molecule has 7 heteroatoms. The highest BCUT2D eigenvalue weighted by atomic mass is 32.2. The first kappa shape index (κ1) is 17.4. The standard InChI is InChI=1S/C21H22N4O2S/c26-28(27,15-16-7-3-1-4-8-16)24-12-11-18-21(24)23-14-20-22-13-19(25(18)20)17-9-5-2-6-10-17/h1,3-4,7-8,11-14,17H,2,5-6,9-10,15H2. The van der Waals surface area contributed by atoms with Crippen LogP contribution in [0.5, 0.6) is 0 Å². The maximum absolute atomic E-state index is 13.0. The van der Waals surface area contributed by atoms with E-state index < -0.39 is 10.0 Å². The van der Waals surface area contributed by atoms with Crippen LogP contribution < -0.4 is 0 Å². The fourth-order valence-corrected chi connectivity index (χ4v) is 5.71. The van der Waals surface area contributed by atoms with E-state index in [1.54, 1.807) is 12.4 Å². The van der Waals surface area contributed by atoms with Gasteiger partial charge in [0, 0.05) is 24.0 Å². The van der Waals surface area contributed by atoms with Gasteiger partial charge in [0.15, 0.2) is 11.3 Å². The zero-order valence-electron chi connectivity index (χ0n) is 15.5. The molecule has 0 atom stereocenters. The Hall–Kier alpha value is -2.67. The molecule has 3 heterocycles. The Labute approximate surface area is 163 Å². The Morgan fingerprint density at radius 1 is 0.964 bits per heavy atom. The average Bonchev–Trinajstić information content (AvgIpc) is 3.33. The first-order valence-electron chi connectivity index (χ1n) is 9.74. The van der Waals surface area contributed by atoms with Crippen molar-refractivity contribution in [3.63, 3.8) is 0 Å². The summed E-state index contributed by atoms with van der Waals surface area (Å²) in [5.41, 5.74) is 3.95. The van der Waals surface area contributed by atoms with Crippen molar-refractivity contribution in [2.45, 2.75) is 43.8 Å². The van der Waals surface area contributed by atoms with E-state index in [1.807, 2.05) is 42.6 Å². The lowest BCUT2D eigenvalue weighted by molar-refractivity contribution is 0.436. The molecule has 0 saturated heterocycles. The van der Waals surface area contributed by atoms with E-state index in [-0.39, 0.29) is 5.75 Å². The van der Waals surface area contributed by atoms with Gasteiger partial charge in [0.25, 0.3) is 0 Å². The van der Waals surface area contributed by atoms with E-state index in [2.05, 4.69) is 14.4 Å². The van der Waals surface area contributed by atoms with Crippen molar-refractivity contribution in [1.29, 1.82) is 0 Å². The lowest BCUT2D eigenvalue weighted by Gasteiger charge is -2.21. The Morgan fingerprint density at radius 2 is 1.75 bits per heavy atom. The molecule has 1 aliphatic rings. The fraction of sp³-hybridized carbons (Fsp3) is 0.333. The number of rotatable bonds is 4. The van der Waals surface area contributed by atoms with Gasteiger partial charge in [-0.3, -0.25) is 4.40 Å². The zero-order chi connectivity index (χ0) is 19.1. The molecule has 0 spiro atoms.